The maximum absolute atomic E-state index is 12.2. The number of rotatable bonds is 8. The van der Waals surface area contributed by atoms with E-state index < -0.39 is 10.8 Å². The van der Waals surface area contributed by atoms with Crippen molar-refractivity contribution >= 4 is 16.8 Å². The van der Waals surface area contributed by atoms with Crippen LogP contribution < -0.4 is 10.1 Å². The molecule has 1 unspecified atom stereocenters. The van der Waals surface area contributed by atoms with Crippen molar-refractivity contribution in [3.8, 4) is 5.75 Å². The van der Waals surface area contributed by atoms with Crippen molar-refractivity contribution < 1.29 is 8.95 Å². The topological polar surface area (TPSA) is 53.9 Å². The molecule has 1 atom stereocenters. The minimum absolute atomic E-state index is 0.538. The van der Waals surface area contributed by atoms with Crippen molar-refractivity contribution in [1.29, 1.82) is 0 Å². The van der Waals surface area contributed by atoms with Crippen molar-refractivity contribution in [3.05, 3.63) is 60.2 Å². The van der Waals surface area contributed by atoms with E-state index in [1.807, 2.05) is 73.5 Å². The second-order valence-electron chi connectivity index (χ2n) is 5.87. The molecule has 0 radical (unpaired) electrons. The maximum atomic E-state index is 12.2. The van der Waals surface area contributed by atoms with Crippen LogP contribution in [0.5, 0.6) is 5.75 Å². The summed E-state index contributed by atoms with van der Waals surface area (Å²) >= 11 is 0. The number of nitrogens with zero attached hydrogens (tertiary/aromatic N) is 2. The Kier molecular flexibility index (Phi) is 8.15. The molecule has 0 aliphatic carbocycles. The van der Waals surface area contributed by atoms with Crippen LogP contribution in [0.15, 0.2) is 64.5 Å². The van der Waals surface area contributed by atoms with Crippen LogP contribution in [-0.4, -0.2) is 54.6 Å². The van der Waals surface area contributed by atoms with E-state index in [0.717, 1.165) is 22.2 Å². The third kappa shape index (κ3) is 6.19. The number of guanidine groups is 1. The zero-order valence-corrected chi connectivity index (χ0v) is 16.5. The molecule has 0 aliphatic rings. The summed E-state index contributed by atoms with van der Waals surface area (Å²) < 4.78 is 18.1. The van der Waals surface area contributed by atoms with Crippen LogP contribution in [0.2, 0.25) is 0 Å². The summed E-state index contributed by atoms with van der Waals surface area (Å²) in [5.74, 6) is 2.21. The minimum atomic E-state index is -1.01. The fourth-order valence-electron chi connectivity index (χ4n) is 2.45. The van der Waals surface area contributed by atoms with Gasteiger partial charge >= 0.3 is 0 Å². The molecule has 140 valence electrons. The molecule has 0 saturated carbocycles. The van der Waals surface area contributed by atoms with Gasteiger partial charge in [0.1, 0.15) is 12.4 Å². The molecule has 5 nitrogen and oxygen atoms in total. The molecular weight excluding hydrogens is 346 g/mol. The van der Waals surface area contributed by atoms with Gasteiger partial charge in [0.15, 0.2) is 5.96 Å². The third-order valence-electron chi connectivity index (χ3n) is 3.93. The number of para-hydroxylation sites is 1. The SMILES string of the molecule is CN=C(NCCS(=O)c1ccccc1)N(C)CCOc1ccccc1C. The number of ether oxygens (including phenoxy) is 1. The van der Waals surface area contributed by atoms with Crippen LogP contribution in [-0.2, 0) is 10.8 Å². The Morgan fingerprint density at radius 1 is 1.15 bits per heavy atom. The predicted molar refractivity (Wildman–Crippen MR) is 108 cm³/mol. The number of benzene rings is 2. The first-order valence-electron chi connectivity index (χ1n) is 8.65. The van der Waals surface area contributed by atoms with Gasteiger partial charge < -0.3 is 15.0 Å². The molecule has 0 amide bonds. The van der Waals surface area contributed by atoms with Gasteiger partial charge in [-0.1, -0.05) is 36.4 Å². The molecule has 2 aromatic rings. The molecule has 6 heteroatoms. The summed E-state index contributed by atoms with van der Waals surface area (Å²) in [5, 5.41) is 3.26. The Morgan fingerprint density at radius 3 is 2.54 bits per heavy atom. The Hall–Kier alpha value is -2.34. The predicted octanol–water partition coefficient (Wildman–Crippen LogP) is 2.69. The second kappa shape index (κ2) is 10.6. The van der Waals surface area contributed by atoms with Crippen molar-refractivity contribution in [2.75, 3.05) is 39.5 Å². The Balaban J connectivity index is 1.73. The normalized spacial score (nSPS) is 12.5. The number of aryl methyl sites for hydroxylation is 1. The maximum Gasteiger partial charge on any atom is 0.193 e. The van der Waals surface area contributed by atoms with E-state index in [1.165, 1.54) is 0 Å². The highest BCUT2D eigenvalue weighted by Gasteiger charge is 2.08. The van der Waals surface area contributed by atoms with E-state index in [4.69, 9.17) is 4.74 Å². The van der Waals surface area contributed by atoms with Gasteiger partial charge in [-0.15, -0.1) is 0 Å². The van der Waals surface area contributed by atoms with Crippen molar-refractivity contribution in [2.45, 2.75) is 11.8 Å². The molecule has 0 saturated heterocycles. The first-order chi connectivity index (χ1) is 12.6. The molecule has 0 spiro atoms. The van der Waals surface area contributed by atoms with Crippen molar-refractivity contribution in [2.24, 2.45) is 4.99 Å². The van der Waals surface area contributed by atoms with Gasteiger partial charge in [0.25, 0.3) is 0 Å². The summed E-state index contributed by atoms with van der Waals surface area (Å²) in [6, 6.07) is 17.5. The standard InChI is InChI=1S/C20H27N3O2S/c1-17-9-7-8-12-19(17)25-15-14-23(3)20(21-2)22-13-16-26(24)18-10-5-4-6-11-18/h4-12H,13-16H2,1-3H3,(H,21,22). The van der Waals surface area contributed by atoms with E-state index in [9.17, 15) is 4.21 Å². The second-order valence-corrected chi connectivity index (χ2v) is 7.44. The first kappa shape index (κ1) is 20.0. The lowest BCUT2D eigenvalue weighted by atomic mass is 10.2. The van der Waals surface area contributed by atoms with Crippen LogP contribution >= 0.6 is 0 Å². The highest BCUT2D eigenvalue weighted by atomic mass is 32.2. The lowest BCUT2D eigenvalue weighted by molar-refractivity contribution is 0.280. The van der Waals surface area contributed by atoms with Crippen molar-refractivity contribution in [3.63, 3.8) is 0 Å². The quantitative estimate of drug-likeness (QED) is 0.571. The third-order valence-corrected chi connectivity index (χ3v) is 5.30. The fraction of sp³-hybridized carbons (Fsp3) is 0.350. The molecule has 0 bridgehead atoms. The molecule has 2 aromatic carbocycles. The van der Waals surface area contributed by atoms with Gasteiger partial charge in [0.2, 0.25) is 0 Å². The largest absolute Gasteiger partial charge is 0.491 e. The number of likely N-dealkylation sites (N-methyl/N-ethyl adjacent to an activating group) is 1. The Bertz CT molecular complexity index is 735. The van der Waals surface area contributed by atoms with E-state index >= 15 is 0 Å². The molecule has 0 aromatic heterocycles. The highest BCUT2D eigenvalue weighted by molar-refractivity contribution is 7.85. The van der Waals surface area contributed by atoms with E-state index in [-0.39, 0.29) is 0 Å². The average molecular weight is 374 g/mol. The van der Waals surface area contributed by atoms with Crippen LogP contribution in [0.1, 0.15) is 5.56 Å². The van der Waals surface area contributed by atoms with Gasteiger partial charge in [0.05, 0.1) is 17.3 Å². The lowest BCUT2D eigenvalue weighted by Gasteiger charge is -2.22. The molecule has 2 rings (SSSR count). The summed E-state index contributed by atoms with van der Waals surface area (Å²) in [6.07, 6.45) is 0. The Labute approximate surface area is 158 Å². The molecule has 0 aliphatic heterocycles. The Morgan fingerprint density at radius 2 is 1.85 bits per heavy atom. The van der Waals surface area contributed by atoms with Crippen LogP contribution in [0, 0.1) is 6.92 Å². The fourth-order valence-corrected chi connectivity index (χ4v) is 3.43. The number of aliphatic imine (C=N–C) groups is 1. The zero-order valence-electron chi connectivity index (χ0n) is 15.6. The number of hydrogen-bond acceptors (Lipinski definition) is 3. The van der Waals surface area contributed by atoms with Gasteiger partial charge in [-0.05, 0) is 30.7 Å². The minimum Gasteiger partial charge on any atom is -0.491 e. The van der Waals surface area contributed by atoms with Gasteiger partial charge in [-0.25, -0.2) is 0 Å². The number of nitrogens with one attached hydrogen (secondary N) is 1. The average Bonchev–Trinajstić information content (AvgIpc) is 2.67. The molecular formula is C20H27N3O2S. The number of hydrogen-bond donors (Lipinski definition) is 1. The van der Waals surface area contributed by atoms with Crippen LogP contribution in [0.4, 0.5) is 0 Å². The van der Waals surface area contributed by atoms with Gasteiger partial charge in [-0.3, -0.25) is 9.20 Å². The summed E-state index contributed by atoms with van der Waals surface area (Å²) in [4.78, 5) is 7.13. The summed E-state index contributed by atoms with van der Waals surface area (Å²) in [5.41, 5.74) is 1.13. The van der Waals surface area contributed by atoms with E-state index in [2.05, 4.69) is 10.3 Å². The van der Waals surface area contributed by atoms with E-state index in [0.29, 0.717) is 25.4 Å². The summed E-state index contributed by atoms with van der Waals surface area (Å²) in [6.45, 7) is 3.90. The molecule has 0 heterocycles. The van der Waals surface area contributed by atoms with Crippen LogP contribution in [0.25, 0.3) is 0 Å². The monoisotopic (exact) mass is 373 g/mol. The van der Waals surface area contributed by atoms with Gasteiger partial charge in [-0.2, -0.15) is 0 Å². The lowest BCUT2D eigenvalue weighted by Crippen LogP contribution is -2.42. The molecule has 1 N–H and O–H groups in total. The molecule has 0 fully saturated rings. The summed E-state index contributed by atoms with van der Waals surface area (Å²) in [7, 11) is 2.70. The van der Waals surface area contributed by atoms with Gasteiger partial charge in [0, 0.05) is 31.3 Å². The molecule has 26 heavy (non-hydrogen) atoms. The smallest absolute Gasteiger partial charge is 0.193 e. The van der Waals surface area contributed by atoms with Crippen molar-refractivity contribution in [1.82, 2.24) is 10.2 Å². The highest BCUT2D eigenvalue weighted by Crippen LogP contribution is 2.15. The van der Waals surface area contributed by atoms with E-state index in [1.54, 1.807) is 7.05 Å². The first-order valence-corrected chi connectivity index (χ1v) is 9.97. The zero-order chi connectivity index (χ0) is 18.8. The van der Waals surface area contributed by atoms with Crippen LogP contribution in [0.3, 0.4) is 0 Å².